The van der Waals surface area contributed by atoms with E-state index in [-0.39, 0.29) is 10.8 Å². The van der Waals surface area contributed by atoms with Crippen LogP contribution in [0.2, 0.25) is 0 Å². The number of nitrogens with two attached hydrogens (primary N) is 1. The molecule has 0 heterocycles. The van der Waals surface area contributed by atoms with E-state index in [1.165, 1.54) is 19.1 Å². The second-order valence-corrected chi connectivity index (χ2v) is 5.51. The van der Waals surface area contributed by atoms with Crippen LogP contribution in [0.15, 0.2) is 41.3 Å². The second-order valence-electron chi connectivity index (χ2n) is 3.95. The Morgan fingerprint density at radius 1 is 1.11 bits per heavy atom. The topological polar surface area (TPSA) is 89.3 Å². The normalized spacial score (nSPS) is 11.4. The van der Waals surface area contributed by atoms with Crippen molar-refractivity contribution in [2.45, 2.75) is 11.8 Å². The molecule has 0 radical (unpaired) electrons. The van der Waals surface area contributed by atoms with Crippen LogP contribution in [0.1, 0.15) is 6.92 Å². The Morgan fingerprint density at radius 3 is 2.33 bits per heavy atom. The molecule has 2 aromatic carbocycles. The maximum atomic E-state index is 11.2. The molecule has 0 saturated heterocycles. The van der Waals surface area contributed by atoms with E-state index in [4.69, 9.17) is 5.14 Å². The number of hydrogen-bond donors (Lipinski definition) is 2. The maximum Gasteiger partial charge on any atom is 0.238 e. The predicted molar refractivity (Wildman–Crippen MR) is 69.6 cm³/mol. The highest BCUT2D eigenvalue weighted by Gasteiger charge is 2.08. The molecular formula is C12H12N2O3S. The Morgan fingerprint density at radius 2 is 1.72 bits per heavy atom. The van der Waals surface area contributed by atoms with Gasteiger partial charge in [0.2, 0.25) is 15.9 Å². The summed E-state index contributed by atoms with van der Waals surface area (Å²) in [6, 6.07) is 9.80. The summed E-state index contributed by atoms with van der Waals surface area (Å²) in [4.78, 5) is 11.0. The summed E-state index contributed by atoms with van der Waals surface area (Å²) in [6.45, 7) is 1.42. The zero-order valence-electron chi connectivity index (χ0n) is 9.67. The third-order valence-electron chi connectivity index (χ3n) is 2.46. The SMILES string of the molecule is CC(=O)Nc1ccc2cc(S(N)(=O)=O)ccc2c1. The van der Waals surface area contributed by atoms with Crippen LogP contribution in [0.25, 0.3) is 10.8 Å². The first kappa shape index (κ1) is 12.5. The standard InChI is InChI=1S/C12H12N2O3S/c1-8(15)14-11-4-2-10-7-12(18(13,16)17)5-3-9(10)6-11/h2-7H,1H3,(H,14,15)(H2,13,16,17). The number of carbonyl (C=O) groups excluding carboxylic acids is 1. The van der Waals surface area contributed by atoms with Crippen LogP contribution in [-0.4, -0.2) is 14.3 Å². The van der Waals surface area contributed by atoms with E-state index in [1.54, 1.807) is 24.3 Å². The van der Waals surface area contributed by atoms with Crippen LogP contribution < -0.4 is 10.5 Å². The van der Waals surface area contributed by atoms with Crippen LogP contribution in [0.5, 0.6) is 0 Å². The molecule has 5 nitrogen and oxygen atoms in total. The van der Waals surface area contributed by atoms with E-state index in [2.05, 4.69) is 5.32 Å². The lowest BCUT2D eigenvalue weighted by Crippen LogP contribution is -2.11. The quantitative estimate of drug-likeness (QED) is 0.860. The number of amides is 1. The van der Waals surface area contributed by atoms with Gasteiger partial charge in [0.15, 0.2) is 0 Å². The lowest BCUT2D eigenvalue weighted by atomic mass is 10.1. The van der Waals surface area contributed by atoms with Gasteiger partial charge in [0.25, 0.3) is 0 Å². The molecule has 0 aliphatic carbocycles. The zero-order chi connectivity index (χ0) is 13.3. The predicted octanol–water partition coefficient (Wildman–Crippen LogP) is 1.45. The fourth-order valence-corrected chi connectivity index (χ4v) is 2.23. The number of benzene rings is 2. The number of anilines is 1. The summed E-state index contributed by atoms with van der Waals surface area (Å²) in [7, 11) is -3.69. The average molecular weight is 264 g/mol. The van der Waals surface area contributed by atoms with Crippen molar-refractivity contribution >= 4 is 32.4 Å². The molecule has 0 spiro atoms. The Balaban J connectivity index is 2.52. The Bertz CT molecular complexity index is 723. The van der Waals surface area contributed by atoms with E-state index in [0.717, 1.165) is 10.8 Å². The maximum absolute atomic E-state index is 11.2. The molecule has 6 heteroatoms. The molecule has 1 amide bonds. The van der Waals surface area contributed by atoms with E-state index in [9.17, 15) is 13.2 Å². The number of rotatable bonds is 2. The van der Waals surface area contributed by atoms with E-state index in [1.807, 2.05) is 0 Å². The van der Waals surface area contributed by atoms with Gasteiger partial charge in [-0.3, -0.25) is 4.79 Å². The van der Waals surface area contributed by atoms with Crippen LogP contribution >= 0.6 is 0 Å². The molecular weight excluding hydrogens is 252 g/mol. The van der Waals surface area contributed by atoms with Crippen LogP contribution in [0.3, 0.4) is 0 Å². The largest absolute Gasteiger partial charge is 0.326 e. The minimum Gasteiger partial charge on any atom is -0.326 e. The Kier molecular flexibility index (Phi) is 3.06. The zero-order valence-corrected chi connectivity index (χ0v) is 10.5. The second kappa shape index (κ2) is 4.40. The van der Waals surface area contributed by atoms with Crippen molar-refractivity contribution in [2.24, 2.45) is 5.14 Å². The van der Waals surface area contributed by atoms with Gasteiger partial charge in [-0.2, -0.15) is 0 Å². The van der Waals surface area contributed by atoms with Gasteiger partial charge in [0.05, 0.1) is 4.90 Å². The first-order valence-electron chi connectivity index (χ1n) is 5.20. The number of sulfonamides is 1. The number of fused-ring (bicyclic) bond motifs is 1. The summed E-state index contributed by atoms with van der Waals surface area (Å²) in [5.41, 5.74) is 0.665. The summed E-state index contributed by atoms with van der Waals surface area (Å²) in [5.74, 6) is -0.157. The molecule has 0 unspecified atom stereocenters. The van der Waals surface area contributed by atoms with Gasteiger partial charge in [-0.25, -0.2) is 13.6 Å². The van der Waals surface area contributed by atoms with Crippen molar-refractivity contribution in [1.82, 2.24) is 0 Å². The van der Waals surface area contributed by atoms with Crippen molar-refractivity contribution in [2.75, 3.05) is 5.32 Å². The molecule has 0 atom stereocenters. The lowest BCUT2D eigenvalue weighted by molar-refractivity contribution is -0.114. The highest BCUT2D eigenvalue weighted by molar-refractivity contribution is 7.89. The lowest BCUT2D eigenvalue weighted by Gasteiger charge is -2.05. The molecule has 3 N–H and O–H groups in total. The Hall–Kier alpha value is -1.92. The van der Waals surface area contributed by atoms with Gasteiger partial charge in [-0.1, -0.05) is 12.1 Å². The molecule has 0 aliphatic rings. The first-order chi connectivity index (χ1) is 8.36. The van der Waals surface area contributed by atoms with Gasteiger partial charge in [-0.05, 0) is 35.0 Å². The van der Waals surface area contributed by atoms with Crippen LogP contribution in [0, 0.1) is 0 Å². The number of hydrogen-bond acceptors (Lipinski definition) is 3. The van der Waals surface area contributed by atoms with Crippen LogP contribution in [-0.2, 0) is 14.8 Å². The smallest absolute Gasteiger partial charge is 0.238 e. The number of carbonyl (C=O) groups is 1. The molecule has 94 valence electrons. The summed E-state index contributed by atoms with van der Waals surface area (Å²) < 4.78 is 22.4. The van der Waals surface area contributed by atoms with Crippen LogP contribution in [0.4, 0.5) is 5.69 Å². The highest BCUT2D eigenvalue weighted by Crippen LogP contribution is 2.22. The Labute approximate surface area is 105 Å². The van der Waals surface area contributed by atoms with Gasteiger partial charge in [0, 0.05) is 12.6 Å². The fraction of sp³-hybridized carbons (Fsp3) is 0.0833. The molecule has 0 aliphatic heterocycles. The third-order valence-corrected chi connectivity index (χ3v) is 3.37. The van der Waals surface area contributed by atoms with Crippen molar-refractivity contribution in [3.8, 4) is 0 Å². The molecule has 0 saturated carbocycles. The van der Waals surface area contributed by atoms with Gasteiger partial charge >= 0.3 is 0 Å². The fourth-order valence-electron chi connectivity index (χ4n) is 1.68. The minimum atomic E-state index is -3.69. The van der Waals surface area contributed by atoms with Gasteiger partial charge in [-0.15, -0.1) is 0 Å². The van der Waals surface area contributed by atoms with E-state index < -0.39 is 10.0 Å². The highest BCUT2D eigenvalue weighted by atomic mass is 32.2. The summed E-state index contributed by atoms with van der Waals surface area (Å²) in [5, 5.41) is 9.29. The van der Waals surface area contributed by atoms with Crippen molar-refractivity contribution in [3.63, 3.8) is 0 Å². The van der Waals surface area contributed by atoms with Crippen molar-refractivity contribution in [1.29, 1.82) is 0 Å². The van der Waals surface area contributed by atoms with Crippen molar-refractivity contribution in [3.05, 3.63) is 36.4 Å². The summed E-state index contributed by atoms with van der Waals surface area (Å²) >= 11 is 0. The van der Waals surface area contributed by atoms with Gasteiger partial charge < -0.3 is 5.32 Å². The average Bonchev–Trinajstić information content (AvgIpc) is 2.26. The first-order valence-corrected chi connectivity index (χ1v) is 6.75. The molecule has 0 fully saturated rings. The monoisotopic (exact) mass is 264 g/mol. The number of primary sulfonamides is 1. The minimum absolute atomic E-state index is 0.0716. The molecule has 0 bridgehead atoms. The number of nitrogens with one attached hydrogen (secondary N) is 1. The van der Waals surface area contributed by atoms with E-state index >= 15 is 0 Å². The third kappa shape index (κ3) is 2.66. The van der Waals surface area contributed by atoms with Crippen molar-refractivity contribution < 1.29 is 13.2 Å². The summed E-state index contributed by atoms with van der Waals surface area (Å²) in [6.07, 6.45) is 0. The van der Waals surface area contributed by atoms with Gasteiger partial charge in [0.1, 0.15) is 0 Å². The molecule has 18 heavy (non-hydrogen) atoms. The molecule has 2 aromatic rings. The van der Waals surface area contributed by atoms with E-state index in [0.29, 0.717) is 5.69 Å². The molecule has 0 aromatic heterocycles. The molecule has 2 rings (SSSR count).